The van der Waals surface area contributed by atoms with Gasteiger partial charge in [0.1, 0.15) is 11.3 Å². The number of non-ortho nitro benzene ring substituents is 1. The second-order valence-corrected chi connectivity index (χ2v) is 6.64. The number of fused-ring (bicyclic) bond motifs is 1. The minimum Gasteiger partial charge on any atom is -0.449 e. The van der Waals surface area contributed by atoms with Gasteiger partial charge in [-0.15, -0.1) is 0 Å². The molecule has 0 saturated heterocycles. The topological polar surface area (TPSA) is 114 Å². The molecule has 0 unspecified atom stereocenters. The number of nitrogens with zero attached hydrogens (tertiary/aromatic N) is 1. The van der Waals surface area contributed by atoms with Gasteiger partial charge in [-0.2, -0.15) is 0 Å². The van der Waals surface area contributed by atoms with Crippen LogP contribution in [0.5, 0.6) is 0 Å². The minimum absolute atomic E-state index is 0.0120. The summed E-state index contributed by atoms with van der Waals surface area (Å²) in [6.45, 7) is 0. The summed E-state index contributed by atoms with van der Waals surface area (Å²) < 4.78 is 32.2. The Morgan fingerprint density at radius 2 is 1.59 bits per heavy atom. The van der Waals surface area contributed by atoms with E-state index in [1.807, 2.05) is 0 Å². The fraction of sp³-hybridized carbons (Fsp3) is 0. The van der Waals surface area contributed by atoms with Crippen LogP contribution in [0.1, 0.15) is 20.9 Å². The molecule has 4 rings (SSSR count). The zero-order valence-corrected chi connectivity index (χ0v) is 16.1. The van der Waals surface area contributed by atoms with E-state index in [0.717, 1.165) is 12.1 Å². The molecule has 2 N–H and O–H groups in total. The predicted molar refractivity (Wildman–Crippen MR) is 112 cm³/mol. The van der Waals surface area contributed by atoms with Crippen molar-refractivity contribution < 1.29 is 27.7 Å². The van der Waals surface area contributed by atoms with Crippen molar-refractivity contribution in [3.8, 4) is 0 Å². The number of benzene rings is 3. The molecular weight excluding hydrogens is 424 g/mol. The molecule has 0 bridgehead atoms. The summed E-state index contributed by atoms with van der Waals surface area (Å²) in [6, 6.07) is 14.3. The lowest BCUT2D eigenvalue weighted by Gasteiger charge is -2.08. The zero-order valence-electron chi connectivity index (χ0n) is 16.1. The average Bonchev–Trinajstić information content (AvgIpc) is 3.15. The standard InChI is InChI=1S/C22H13F2N3O5/c23-16-10-7-13(11-17(16)24)25-22(29)20-19(15-3-1-2-4-18(15)32-20)26-21(28)12-5-8-14(9-6-12)27(30)31/h1-11H,(H,25,29)(H,26,28). The molecule has 0 radical (unpaired) electrons. The average molecular weight is 437 g/mol. The van der Waals surface area contributed by atoms with E-state index in [2.05, 4.69) is 10.6 Å². The molecule has 1 aromatic heterocycles. The maximum absolute atomic E-state index is 13.5. The SMILES string of the molecule is O=C(Nc1c(C(=O)Nc2ccc(F)c(F)c2)oc2ccccc12)c1ccc([N+](=O)[O-])cc1. The maximum atomic E-state index is 13.5. The Balaban J connectivity index is 1.66. The largest absolute Gasteiger partial charge is 0.449 e. The molecule has 0 atom stereocenters. The predicted octanol–water partition coefficient (Wildman–Crippen LogP) is 5.12. The molecular formula is C22H13F2N3O5. The van der Waals surface area contributed by atoms with E-state index in [4.69, 9.17) is 4.42 Å². The van der Waals surface area contributed by atoms with Gasteiger partial charge in [-0.3, -0.25) is 19.7 Å². The molecule has 2 amide bonds. The molecule has 4 aromatic rings. The molecule has 0 aliphatic heterocycles. The van der Waals surface area contributed by atoms with E-state index in [9.17, 15) is 28.5 Å². The van der Waals surface area contributed by atoms with Crippen LogP contribution in [0.25, 0.3) is 11.0 Å². The number of hydrogen-bond acceptors (Lipinski definition) is 5. The first-order valence-corrected chi connectivity index (χ1v) is 9.17. The summed E-state index contributed by atoms with van der Waals surface area (Å²) in [5.41, 5.74) is 0.294. The minimum atomic E-state index is -1.14. The number of carbonyl (C=O) groups excluding carboxylic acids is 2. The third-order valence-electron chi connectivity index (χ3n) is 4.56. The second-order valence-electron chi connectivity index (χ2n) is 6.64. The van der Waals surface area contributed by atoms with Crippen LogP contribution in [-0.2, 0) is 0 Å². The lowest BCUT2D eigenvalue weighted by molar-refractivity contribution is -0.384. The molecule has 0 fully saturated rings. The lowest BCUT2D eigenvalue weighted by Crippen LogP contribution is -2.17. The quantitative estimate of drug-likeness (QED) is 0.332. The Kier molecular flexibility index (Phi) is 5.34. The van der Waals surface area contributed by atoms with E-state index in [1.54, 1.807) is 24.3 Å². The van der Waals surface area contributed by atoms with Crippen molar-refractivity contribution in [1.29, 1.82) is 0 Å². The fourth-order valence-corrected chi connectivity index (χ4v) is 3.01. The molecule has 3 aromatic carbocycles. The van der Waals surface area contributed by atoms with Crippen molar-refractivity contribution in [3.63, 3.8) is 0 Å². The number of nitrogens with one attached hydrogen (secondary N) is 2. The van der Waals surface area contributed by atoms with Crippen molar-refractivity contribution in [2.24, 2.45) is 0 Å². The highest BCUT2D eigenvalue weighted by Gasteiger charge is 2.23. The van der Waals surface area contributed by atoms with Gasteiger partial charge in [0.05, 0.1) is 4.92 Å². The number of hydrogen-bond donors (Lipinski definition) is 2. The molecule has 0 aliphatic rings. The second kappa shape index (κ2) is 8.26. The molecule has 1 heterocycles. The molecule has 0 spiro atoms. The Hall–Kier alpha value is -4.60. The number of anilines is 2. The summed E-state index contributed by atoms with van der Waals surface area (Å²) >= 11 is 0. The van der Waals surface area contributed by atoms with Crippen LogP contribution in [0.2, 0.25) is 0 Å². The van der Waals surface area contributed by atoms with Crippen molar-refractivity contribution in [2.75, 3.05) is 10.6 Å². The number of nitro groups is 1. The fourth-order valence-electron chi connectivity index (χ4n) is 3.01. The van der Waals surface area contributed by atoms with Crippen LogP contribution < -0.4 is 10.6 Å². The van der Waals surface area contributed by atoms with E-state index in [0.29, 0.717) is 11.0 Å². The van der Waals surface area contributed by atoms with Crippen LogP contribution in [0, 0.1) is 21.7 Å². The highest BCUT2D eigenvalue weighted by atomic mass is 19.2. The van der Waals surface area contributed by atoms with Crippen molar-refractivity contribution in [2.45, 2.75) is 0 Å². The third-order valence-corrected chi connectivity index (χ3v) is 4.56. The van der Waals surface area contributed by atoms with Crippen LogP contribution in [-0.4, -0.2) is 16.7 Å². The summed E-state index contributed by atoms with van der Waals surface area (Å²) in [6.07, 6.45) is 0. The van der Waals surface area contributed by atoms with Gasteiger partial charge < -0.3 is 15.1 Å². The lowest BCUT2D eigenvalue weighted by atomic mass is 10.1. The van der Waals surface area contributed by atoms with Gasteiger partial charge in [0.2, 0.25) is 5.76 Å². The number of halogens is 2. The normalized spacial score (nSPS) is 10.7. The monoisotopic (exact) mass is 437 g/mol. The van der Waals surface area contributed by atoms with Crippen molar-refractivity contribution >= 4 is 39.8 Å². The van der Waals surface area contributed by atoms with Gasteiger partial charge >= 0.3 is 0 Å². The number of furan rings is 1. The number of nitro benzene ring substituents is 1. The first-order chi connectivity index (χ1) is 15.3. The molecule has 32 heavy (non-hydrogen) atoms. The van der Waals surface area contributed by atoms with Crippen LogP contribution in [0.4, 0.5) is 25.8 Å². The van der Waals surface area contributed by atoms with Crippen molar-refractivity contribution in [3.05, 3.63) is 99.8 Å². The summed E-state index contributed by atoms with van der Waals surface area (Å²) in [5, 5.41) is 16.2. The van der Waals surface area contributed by atoms with E-state index in [-0.39, 0.29) is 28.4 Å². The van der Waals surface area contributed by atoms with Gasteiger partial charge in [-0.25, -0.2) is 8.78 Å². The highest BCUT2D eigenvalue weighted by Crippen LogP contribution is 2.32. The highest BCUT2D eigenvalue weighted by molar-refractivity contribution is 6.16. The van der Waals surface area contributed by atoms with Crippen LogP contribution in [0.3, 0.4) is 0 Å². The van der Waals surface area contributed by atoms with Gasteiger partial charge in [-0.1, -0.05) is 12.1 Å². The Morgan fingerprint density at radius 1 is 0.875 bits per heavy atom. The third kappa shape index (κ3) is 4.01. The Bertz CT molecular complexity index is 1370. The summed E-state index contributed by atoms with van der Waals surface area (Å²) in [7, 11) is 0. The van der Waals surface area contributed by atoms with Gasteiger partial charge in [0, 0.05) is 34.8 Å². The Labute approximate surface area is 178 Å². The first-order valence-electron chi connectivity index (χ1n) is 9.17. The Morgan fingerprint density at radius 3 is 2.28 bits per heavy atom. The van der Waals surface area contributed by atoms with Crippen molar-refractivity contribution in [1.82, 2.24) is 0 Å². The summed E-state index contributed by atoms with van der Waals surface area (Å²) in [4.78, 5) is 35.7. The summed E-state index contributed by atoms with van der Waals surface area (Å²) in [5.74, 6) is -3.90. The van der Waals surface area contributed by atoms with Crippen LogP contribution in [0.15, 0.2) is 71.1 Å². The molecule has 0 saturated carbocycles. The van der Waals surface area contributed by atoms with Gasteiger partial charge in [0.25, 0.3) is 17.5 Å². The number of rotatable bonds is 5. The molecule has 10 heteroatoms. The molecule has 160 valence electrons. The number of amides is 2. The smallest absolute Gasteiger partial charge is 0.293 e. The van der Waals surface area contributed by atoms with E-state index < -0.39 is 28.4 Å². The van der Waals surface area contributed by atoms with Crippen LogP contribution >= 0.6 is 0 Å². The van der Waals surface area contributed by atoms with E-state index in [1.165, 1.54) is 30.3 Å². The number of carbonyl (C=O) groups is 2. The maximum Gasteiger partial charge on any atom is 0.293 e. The number of para-hydroxylation sites is 1. The molecule has 8 nitrogen and oxygen atoms in total. The zero-order chi connectivity index (χ0) is 22.8. The first kappa shape index (κ1) is 20.7. The van der Waals surface area contributed by atoms with E-state index >= 15 is 0 Å². The van der Waals surface area contributed by atoms with Gasteiger partial charge in [-0.05, 0) is 36.4 Å². The molecule has 0 aliphatic carbocycles. The van der Waals surface area contributed by atoms with Gasteiger partial charge in [0.15, 0.2) is 11.6 Å².